The van der Waals surface area contributed by atoms with Gasteiger partial charge in [-0.2, -0.15) is 4.31 Å². The summed E-state index contributed by atoms with van der Waals surface area (Å²) in [6.07, 6.45) is -0.619. The fourth-order valence-corrected chi connectivity index (χ4v) is 5.35. The Morgan fingerprint density at radius 3 is 2.54 bits per heavy atom. The first-order valence-electron chi connectivity index (χ1n) is 9.46. The molecule has 1 aromatic carbocycles. The number of sulfonamides is 1. The van der Waals surface area contributed by atoms with Crippen LogP contribution in [-0.2, 0) is 14.8 Å². The predicted molar refractivity (Wildman–Crippen MR) is 104 cm³/mol. The van der Waals surface area contributed by atoms with Crippen LogP contribution in [0, 0.1) is 0 Å². The van der Waals surface area contributed by atoms with E-state index in [1.807, 2.05) is 11.9 Å². The van der Waals surface area contributed by atoms with Gasteiger partial charge in [0.1, 0.15) is 18.5 Å². The number of fused-ring (bicyclic) bond motifs is 1. The van der Waals surface area contributed by atoms with Crippen LogP contribution in [0.2, 0.25) is 0 Å². The van der Waals surface area contributed by atoms with Crippen LogP contribution in [0.25, 0.3) is 0 Å². The van der Waals surface area contributed by atoms with Crippen LogP contribution in [-0.4, -0.2) is 81.1 Å². The van der Waals surface area contributed by atoms with Crippen molar-refractivity contribution in [3.05, 3.63) is 29.3 Å². The standard InChI is InChI=1S/C19H25N3O5S/c1-3-17(23)19(24)21-9-13-11-22(12-14(13)10-21)28(25,26)15-4-5-18-16(8-15)20(2)6-7-27-18/h4-5,8,17,23H,3,6-7,9-12H2,1-2H3/t17-/m1/s1. The minimum absolute atomic E-state index is 0.249. The zero-order valence-corrected chi connectivity index (χ0v) is 16.9. The number of amides is 1. The Labute approximate surface area is 165 Å². The van der Waals surface area contributed by atoms with Gasteiger partial charge >= 0.3 is 0 Å². The third-order valence-corrected chi connectivity index (χ3v) is 7.43. The molecule has 0 unspecified atom stereocenters. The van der Waals surface area contributed by atoms with E-state index in [0.717, 1.165) is 16.8 Å². The van der Waals surface area contributed by atoms with E-state index in [1.165, 1.54) is 4.31 Å². The maximum Gasteiger partial charge on any atom is 0.251 e. The van der Waals surface area contributed by atoms with Crippen molar-refractivity contribution >= 4 is 21.6 Å². The van der Waals surface area contributed by atoms with Gasteiger partial charge < -0.3 is 19.6 Å². The molecule has 9 heteroatoms. The first kappa shape index (κ1) is 19.2. The smallest absolute Gasteiger partial charge is 0.251 e. The summed E-state index contributed by atoms with van der Waals surface area (Å²) < 4.78 is 33.3. The molecule has 1 atom stereocenters. The molecule has 1 N–H and O–H groups in total. The van der Waals surface area contributed by atoms with Crippen molar-refractivity contribution in [2.75, 3.05) is 51.3 Å². The molecule has 1 aromatic rings. The van der Waals surface area contributed by atoms with E-state index >= 15 is 0 Å². The van der Waals surface area contributed by atoms with Crippen molar-refractivity contribution in [2.45, 2.75) is 24.3 Å². The highest BCUT2D eigenvalue weighted by Gasteiger charge is 2.38. The molecule has 0 saturated carbocycles. The number of benzene rings is 1. The first-order valence-corrected chi connectivity index (χ1v) is 10.9. The lowest BCUT2D eigenvalue weighted by atomic mass is 10.2. The topological polar surface area (TPSA) is 90.4 Å². The monoisotopic (exact) mass is 407 g/mol. The van der Waals surface area contributed by atoms with Crippen molar-refractivity contribution in [3.8, 4) is 5.75 Å². The van der Waals surface area contributed by atoms with E-state index in [9.17, 15) is 18.3 Å². The van der Waals surface area contributed by atoms with Crippen LogP contribution >= 0.6 is 0 Å². The van der Waals surface area contributed by atoms with Gasteiger partial charge in [-0.1, -0.05) is 6.92 Å². The van der Waals surface area contributed by atoms with Gasteiger partial charge in [-0.15, -0.1) is 0 Å². The van der Waals surface area contributed by atoms with Crippen LogP contribution in [0.1, 0.15) is 13.3 Å². The molecule has 0 bridgehead atoms. The van der Waals surface area contributed by atoms with Crippen molar-refractivity contribution in [2.24, 2.45) is 0 Å². The number of nitrogens with zero attached hydrogens (tertiary/aromatic N) is 3. The molecular formula is C19H25N3O5S. The predicted octanol–water partition coefficient (Wildman–Crippen LogP) is 0.429. The molecule has 3 aliphatic heterocycles. The molecule has 3 heterocycles. The summed E-state index contributed by atoms with van der Waals surface area (Å²) in [6, 6.07) is 4.96. The van der Waals surface area contributed by atoms with E-state index in [2.05, 4.69) is 0 Å². The molecule has 152 valence electrons. The molecule has 1 amide bonds. The van der Waals surface area contributed by atoms with Crippen molar-refractivity contribution in [3.63, 3.8) is 0 Å². The van der Waals surface area contributed by atoms with Gasteiger partial charge in [0.05, 0.1) is 17.1 Å². The Morgan fingerprint density at radius 1 is 1.21 bits per heavy atom. The summed E-state index contributed by atoms with van der Waals surface area (Å²) in [5.74, 6) is 0.405. The van der Waals surface area contributed by atoms with Crippen molar-refractivity contribution in [1.29, 1.82) is 0 Å². The van der Waals surface area contributed by atoms with Gasteiger partial charge in [-0.05, 0) is 35.8 Å². The van der Waals surface area contributed by atoms with Gasteiger partial charge in [0, 0.05) is 33.2 Å². The van der Waals surface area contributed by atoms with E-state index in [4.69, 9.17) is 4.74 Å². The number of hydrogen-bond donors (Lipinski definition) is 1. The maximum atomic E-state index is 13.1. The Hall–Kier alpha value is -2.10. The number of ether oxygens (including phenoxy) is 1. The highest BCUT2D eigenvalue weighted by atomic mass is 32.2. The fraction of sp³-hybridized carbons (Fsp3) is 0.526. The molecule has 4 rings (SSSR count). The zero-order chi connectivity index (χ0) is 20.1. The average molecular weight is 407 g/mol. The second-order valence-corrected chi connectivity index (χ2v) is 9.44. The Kier molecular flexibility index (Phi) is 4.84. The number of carbonyl (C=O) groups is 1. The third-order valence-electron chi connectivity index (χ3n) is 5.64. The summed E-state index contributed by atoms with van der Waals surface area (Å²) in [5, 5.41) is 9.77. The summed E-state index contributed by atoms with van der Waals surface area (Å²) >= 11 is 0. The lowest BCUT2D eigenvalue weighted by Crippen LogP contribution is -2.40. The third kappa shape index (κ3) is 3.17. The van der Waals surface area contributed by atoms with Crippen LogP contribution in [0.3, 0.4) is 0 Å². The molecule has 3 aliphatic rings. The van der Waals surface area contributed by atoms with Crippen molar-refractivity contribution < 1.29 is 23.1 Å². The lowest BCUT2D eigenvalue weighted by molar-refractivity contribution is -0.139. The molecule has 8 nitrogen and oxygen atoms in total. The van der Waals surface area contributed by atoms with E-state index < -0.39 is 16.1 Å². The lowest BCUT2D eigenvalue weighted by Gasteiger charge is -2.28. The summed E-state index contributed by atoms with van der Waals surface area (Å²) in [5.41, 5.74) is 2.69. The van der Waals surface area contributed by atoms with Crippen LogP contribution < -0.4 is 9.64 Å². The number of likely N-dealkylation sites (N-methyl/N-ethyl adjacent to an activating group) is 1. The molecule has 0 spiro atoms. The molecular weight excluding hydrogens is 382 g/mol. The highest BCUT2D eigenvalue weighted by molar-refractivity contribution is 7.89. The SMILES string of the molecule is CC[C@@H](O)C(=O)N1CC2=C(C1)CN(S(=O)(=O)c1ccc3c(c1)N(C)CCO3)C2. The molecule has 0 radical (unpaired) electrons. The van der Waals surface area contributed by atoms with Crippen LogP contribution in [0.15, 0.2) is 34.2 Å². The van der Waals surface area contributed by atoms with Gasteiger partial charge in [0.15, 0.2) is 0 Å². The number of aliphatic hydroxyl groups excluding tert-OH is 1. The average Bonchev–Trinajstić information content (AvgIpc) is 3.26. The zero-order valence-electron chi connectivity index (χ0n) is 16.1. The number of rotatable bonds is 4. The molecule has 0 aromatic heterocycles. The molecule has 0 saturated heterocycles. The molecule has 0 aliphatic carbocycles. The Balaban J connectivity index is 1.49. The van der Waals surface area contributed by atoms with Gasteiger partial charge in [0.2, 0.25) is 10.0 Å². The highest BCUT2D eigenvalue weighted by Crippen LogP contribution is 2.35. The number of aliphatic hydroxyl groups is 1. The Bertz CT molecular complexity index is 925. The normalized spacial score (nSPS) is 20.8. The molecule has 28 heavy (non-hydrogen) atoms. The Morgan fingerprint density at radius 2 is 1.89 bits per heavy atom. The summed E-state index contributed by atoms with van der Waals surface area (Å²) in [7, 11) is -1.72. The van der Waals surface area contributed by atoms with Crippen LogP contribution in [0.4, 0.5) is 5.69 Å². The largest absolute Gasteiger partial charge is 0.490 e. The second-order valence-electron chi connectivity index (χ2n) is 7.50. The number of anilines is 1. The number of hydrogen-bond acceptors (Lipinski definition) is 6. The minimum atomic E-state index is -3.64. The van der Waals surface area contributed by atoms with Gasteiger partial charge in [-0.25, -0.2) is 8.42 Å². The van der Waals surface area contributed by atoms with E-state index in [-0.39, 0.29) is 23.9 Å². The quantitative estimate of drug-likeness (QED) is 0.728. The van der Waals surface area contributed by atoms with E-state index in [1.54, 1.807) is 30.0 Å². The second kappa shape index (κ2) is 7.06. The van der Waals surface area contributed by atoms with Crippen LogP contribution in [0.5, 0.6) is 5.75 Å². The summed E-state index contributed by atoms with van der Waals surface area (Å²) in [4.78, 5) is 16.0. The van der Waals surface area contributed by atoms with Crippen molar-refractivity contribution in [1.82, 2.24) is 9.21 Å². The van der Waals surface area contributed by atoms with Gasteiger partial charge in [0.25, 0.3) is 5.91 Å². The fourth-order valence-electron chi connectivity index (χ4n) is 3.90. The molecule has 0 fully saturated rings. The minimum Gasteiger partial charge on any atom is -0.490 e. The maximum absolute atomic E-state index is 13.1. The number of carbonyl (C=O) groups excluding carboxylic acids is 1. The van der Waals surface area contributed by atoms with Gasteiger partial charge in [-0.3, -0.25) is 4.79 Å². The van der Waals surface area contributed by atoms with E-state index in [0.29, 0.717) is 38.4 Å². The summed E-state index contributed by atoms with van der Waals surface area (Å²) in [6.45, 7) is 4.40. The first-order chi connectivity index (χ1) is 13.3.